The molecule has 0 bridgehead atoms. The second-order valence-corrected chi connectivity index (χ2v) is 5.51. The second-order valence-electron chi connectivity index (χ2n) is 3.98. The number of hydrogen-bond donors (Lipinski definition) is 1. The monoisotopic (exact) mass is 241 g/mol. The van der Waals surface area contributed by atoms with Crippen molar-refractivity contribution in [3.8, 4) is 0 Å². The molecule has 1 nitrogen and oxygen atoms in total. The summed E-state index contributed by atoms with van der Waals surface area (Å²) in [6.45, 7) is 2.38. The highest BCUT2D eigenvalue weighted by Crippen LogP contribution is 2.24. The van der Waals surface area contributed by atoms with E-state index in [1.807, 2.05) is 23.9 Å². The van der Waals surface area contributed by atoms with Crippen molar-refractivity contribution in [3.63, 3.8) is 0 Å². The van der Waals surface area contributed by atoms with E-state index in [2.05, 4.69) is 17.4 Å². The summed E-state index contributed by atoms with van der Waals surface area (Å²) in [4.78, 5) is 1.32. The minimum Gasteiger partial charge on any atom is -0.316 e. The summed E-state index contributed by atoms with van der Waals surface area (Å²) in [5, 5.41) is 4.26. The Hall–Kier alpha value is -0.180. The SMILES string of the molecule is Clc1ccc(SC[C@@H]2CCCNC2)cc1. The van der Waals surface area contributed by atoms with Crippen LogP contribution in [0.2, 0.25) is 5.02 Å². The van der Waals surface area contributed by atoms with Gasteiger partial charge in [0.25, 0.3) is 0 Å². The summed E-state index contributed by atoms with van der Waals surface area (Å²) in [7, 11) is 0. The van der Waals surface area contributed by atoms with E-state index in [0.717, 1.165) is 10.9 Å². The average molecular weight is 242 g/mol. The smallest absolute Gasteiger partial charge is 0.0406 e. The first-order valence-electron chi connectivity index (χ1n) is 5.44. The highest BCUT2D eigenvalue weighted by molar-refractivity contribution is 7.99. The molecule has 1 aliphatic heterocycles. The lowest BCUT2D eigenvalue weighted by molar-refractivity contribution is 0.410. The van der Waals surface area contributed by atoms with Gasteiger partial charge in [0, 0.05) is 15.7 Å². The van der Waals surface area contributed by atoms with E-state index < -0.39 is 0 Å². The summed E-state index contributed by atoms with van der Waals surface area (Å²) in [6, 6.07) is 8.12. The van der Waals surface area contributed by atoms with Crippen molar-refractivity contribution < 1.29 is 0 Å². The van der Waals surface area contributed by atoms with E-state index in [1.54, 1.807) is 0 Å². The van der Waals surface area contributed by atoms with Crippen molar-refractivity contribution >= 4 is 23.4 Å². The van der Waals surface area contributed by atoms with Gasteiger partial charge in [0.15, 0.2) is 0 Å². The Balaban J connectivity index is 1.79. The number of thioether (sulfide) groups is 1. The molecular formula is C12H16ClNS. The zero-order valence-electron chi connectivity index (χ0n) is 8.71. The lowest BCUT2D eigenvalue weighted by Crippen LogP contribution is -2.30. The Bertz CT molecular complexity index is 293. The Morgan fingerprint density at radius 2 is 2.13 bits per heavy atom. The highest BCUT2D eigenvalue weighted by Gasteiger charge is 2.12. The first-order chi connectivity index (χ1) is 7.34. The zero-order valence-corrected chi connectivity index (χ0v) is 10.3. The van der Waals surface area contributed by atoms with Crippen molar-refractivity contribution in [1.82, 2.24) is 5.32 Å². The van der Waals surface area contributed by atoms with Crippen LogP contribution in [0.25, 0.3) is 0 Å². The molecule has 1 fully saturated rings. The third kappa shape index (κ3) is 3.71. The minimum absolute atomic E-state index is 0.818. The van der Waals surface area contributed by atoms with Crippen LogP contribution < -0.4 is 5.32 Å². The molecule has 0 radical (unpaired) electrons. The van der Waals surface area contributed by atoms with E-state index in [-0.39, 0.29) is 0 Å². The number of rotatable bonds is 3. The third-order valence-electron chi connectivity index (χ3n) is 2.70. The van der Waals surface area contributed by atoms with E-state index >= 15 is 0 Å². The second kappa shape index (κ2) is 5.78. The van der Waals surface area contributed by atoms with Crippen LogP contribution in [0.15, 0.2) is 29.2 Å². The van der Waals surface area contributed by atoms with Gasteiger partial charge < -0.3 is 5.32 Å². The maximum Gasteiger partial charge on any atom is 0.0406 e. The molecule has 1 aromatic rings. The first-order valence-corrected chi connectivity index (χ1v) is 6.80. The Morgan fingerprint density at radius 1 is 1.33 bits per heavy atom. The first kappa shape index (κ1) is 11.3. The van der Waals surface area contributed by atoms with Crippen molar-refractivity contribution in [1.29, 1.82) is 0 Å². The van der Waals surface area contributed by atoms with Gasteiger partial charge in [0.2, 0.25) is 0 Å². The van der Waals surface area contributed by atoms with Crippen LogP contribution in [0.1, 0.15) is 12.8 Å². The van der Waals surface area contributed by atoms with E-state index in [4.69, 9.17) is 11.6 Å². The Labute approximate surface area is 101 Å². The molecule has 0 unspecified atom stereocenters. The number of halogens is 1. The van der Waals surface area contributed by atoms with Crippen LogP contribution in [-0.4, -0.2) is 18.8 Å². The predicted octanol–water partition coefficient (Wildman–Crippen LogP) is 3.43. The molecule has 0 aliphatic carbocycles. The van der Waals surface area contributed by atoms with Gasteiger partial charge >= 0.3 is 0 Å². The molecule has 15 heavy (non-hydrogen) atoms. The molecule has 2 rings (SSSR count). The van der Waals surface area contributed by atoms with Crippen molar-refractivity contribution in [2.75, 3.05) is 18.8 Å². The molecule has 82 valence electrons. The molecule has 0 spiro atoms. The lowest BCUT2D eigenvalue weighted by atomic mass is 10.0. The zero-order chi connectivity index (χ0) is 10.5. The maximum absolute atomic E-state index is 5.84. The van der Waals surface area contributed by atoms with Crippen LogP contribution in [0.3, 0.4) is 0 Å². The number of piperidine rings is 1. The van der Waals surface area contributed by atoms with E-state index in [9.17, 15) is 0 Å². The van der Waals surface area contributed by atoms with Crippen LogP contribution in [0.5, 0.6) is 0 Å². The van der Waals surface area contributed by atoms with Crippen LogP contribution in [-0.2, 0) is 0 Å². The molecule has 1 atom stereocenters. The van der Waals surface area contributed by atoms with Gasteiger partial charge in [-0.15, -0.1) is 11.8 Å². The third-order valence-corrected chi connectivity index (χ3v) is 4.19. The van der Waals surface area contributed by atoms with Gasteiger partial charge in [0.1, 0.15) is 0 Å². The predicted molar refractivity (Wildman–Crippen MR) is 67.8 cm³/mol. The quantitative estimate of drug-likeness (QED) is 0.814. The van der Waals surface area contributed by atoms with Crippen LogP contribution >= 0.6 is 23.4 Å². The molecule has 0 aromatic heterocycles. The normalized spacial score (nSPS) is 21.5. The number of hydrogen-bond acceptors (Lipinski definition) is 2. The molecule has 1 N–H and O–H groups in total. The Morgan fingerprint density at radius 3 is 2.80 bits per heavy atom. The molecule has 0 saturated carbocycles. The van der Waals surface area contributed by atoms with Gasteiger partial charge in [-0.3, -0.25) is 0 Å². The number of benzene rings is 1. The largest absolute Gasteiger partial charge is 0.316 e. The molecule has 3 heteroatoms. The fourth-order valence-corrected chi connectivity index (χ4v) is 2.98. The minimum atomic E-state index is 0.818. The Kier molecular flexibility index (Phi) is 4.36. The van der Waals surface area contributed by atoms with Crippen molar-refractivity contribution in [3.05, 3.63) is 29.3 Å². The molecule has 1 saturated heterocycles. The molecular weight excluding hydrogens is 226 g/mol. The van der Waals surface area contributed by atoms with Gasteiger partial charge in [0.05, 0.1) is 0 Å². The fraction of sp³-hybridized carbons (Fsp3) is 0.500. The summed E-state index contributed by atoms with van der Waals surface area (Å²) >= 11 is 7.78. The summed E-state index contributed by atoms with van der Waals surface area (Å²) in [6.07, 6.45) is 2.69. The summed E-state index contributed by atoms with van der Waals surface area (Å²) < 4.78 is 0. The van der Waals surface area contributed by atoms with Gasteiger partial charge in [-0.2, -0.15) is 0 Å². The van der Waals surface area contributed by atoms with Gasteiger partial charge in [-0.1, -0.05) is 11.6 Å². The van der Waals surface area contributed by atoms with E-state index in [0.29, 0.717) is 0 Å². The number of nitrogens with one attached hydrogen (secondary N) is 1. The average Bonchev–Trinajstić information content (AvgIpc) is 2.30. The summed E-state index contributed by atoms with van der Waals surface area (Å²) in [5.74, 6) is 2.05. The van der Waals surface area contributed by atoms with Crippen molar-refractivity contribution in [2.45, 2.75) is 17.7 Å². The van der Waals surface area contributed by atoms with Crippen LogP contribution in [0, 0.1) is 5.92 Å². The lowest BCUT2D eigenvalue weighted by Gasteiger charge is -2.22. The van der Waals surface area contributed by atoms with E-state index in [1.165, 1.54) is 36.6 Å². The highest BCUT2D eigenvalue weighted by atomic mass is 35.5. The molecule has 1 heterocycles. The van der Waals surface area contributed by atoms with Crippen LogP contribution in [0.4, 0.5) is 0 Å². The molecule has 0 amide bonds. The summed E-state index contributed by atoms with van der Waals surface area (Å²) in [5.41, 5.74) is 0. The molecule has 1 aliphatic rings. The maximum atomic E-state index is 5.84. The van der Waals surface area contributed by atoms with Gasteiger partial charge in [-0.05, 0) is 56.1 Å². The standard InChI is InChI=1S/C12H16ClNS/c13-11-3-5-12(6-4-11)15-9-10-2-1-7-14-8-10/h3-6,10,14H,1-2,7-9H2/t10-/m1/s1. The fourth-order valence-electron chi connectivity index (χ4n) is 1.81. The van der Waals surface area contributed by atoms with Gasteiger partial charge in [-0.25, -0.2) is 0 Å². The topological polar surface area (TPSA) is 12.0 Å². The molecule has 1 aromatic carbocycles. The van der Waals surface area contributed by atoms with Crippen molar-refractivity contribution in [2.24, 2.45) is 5.92 Å².